The van der Waals surface area contributed by atoms with Crippen LogP contribution in [0.15, 0.2) is 16.5 Å². The fourth-order valence-corrected chi connectivity index (χ4v) is 4.81. The van der Waals surface area contributed by atoms with Crippen molar-refractivity contribution in [1.82, 2.24) is 15.1 Å². The van der Waals surface area contributed by atoms with Crippen LogP contribution < -0.4 is 10.1 Å². The van der Waals surface area contributed by atoms with Crippen LogP contribution in [0.4, 0.5) is 0 Å². The van der Waals surface area contributed by atoms with Crippen LogP contribution in [0.1, 0.15) is 61.4 Å². The van der Waals surface area contributed by atoms with E-state index in [1.165, 1.54) is 0 Å². The molecule has 0 unspecified atom stereocenters. The lowest BCUT2D eigenvalue weighted by Gasteiger charge is -2.35. The van der Waals surface area contributed by atoms with Crippen molar-refractivity contribution in [3.63, 3.8) is 0 Å². The smallest absolute Gasteiger partial charge is 0.287 e. The van der Waals surface area contributed by atoms with E-state index in [0.717, 1.165) is 62.2 Å². The van der Waals surface area contributed by atoms with Gasteiger partial charge in [-0.1, -0.05) is 6.92 Å². The summed E-state index contributed by atoms with van der Waals surface area (Å²) in [7, 11) is 0. The first kappa shape index (κ1) is 22.1. The lowest BCUT2D eigenvalue weighted by atomic mass is 9.89. The molecule has 2 N–H and O–H groups in total. The third-order valence-corrected chi connectivity index (χ3v) is 6.55. The highest BCUT2D eigenvalue weighted by Crippen LogP contribution is 2.45. The van der Waals surface area contributed by atoms with Gasteiger partial charge in [-0.25, -0.2) is 0 Å². The minimum atomic E-state index is -0.650. The van der Waals surface area contributed by atoms with Crippen LogP contribution in [0, 0.1) is 6.92 Å². The van der Waals surface area contributed by atoms with E-state index in [2.05, 4.69) is 22.0 Å². The van der Waals surface area contributed by atoms with Crippen LogP contribution >= 0.6 is 0 Å². The summed E-state index contributed by atoms with van der Waals surface area (Å²) in [5.74, 6) is 0.775. The Morgan fingerprint density at radius 2 is 1.94 bits per heavy atom. The molecule has 1 saturated heterocycles. The first-order chi connectivity index (χ1) is 14.8. The van der Waals surface area contributed by atoms with Crippen molar-refractivity contribution >= 4 is 16.9 Å². The van der Waals surface area contributed by atoms with Crippen LogP contribution in [0.2, 0.25) is 0 Å². The first-order valence-corrected chi connectivity index (χ1v) is 11.4. The van der Waals surface area contributed by atoms with E-state index in [1.807, 2.05) is 32.9 Å². The Kier molecular flexibility index (Phi) is 6.28. The Bertz CT molecular complexity index is 944. The molecule has 1 aromatic heterocycles. The van der Waals surface area contributed by atoms with E-state index in [4.69, 9.17) is 9.15 Å². The number of aliphatic hydroxyl groups is 1. The monoisotopic (exact) mass is 429 g/mol. The summed E-state index contributed by atoms with van der Waals surface area (Å²) in [6.07, 6.45) is 0.759. The summed E-state index contributed by atoms with van der Waals surface area (Å²) in [6.45, 7) is 15.2. The first-order valence-electron chi connectivity index (χ1n) is 11.4. The molecule has 4 rings (SSSR count). The maximum atomic E-state index is 12.8. The molecular weight excluding hydrogens is 394 g/mol. The second-order valence-corrected chi connectivity index (χ2v) is 9.37. The Morgan fingerprint density at radius 3 is 2.65 bits per heavy atom. The van der Waals surface area contributed by atoms with Crippen LogP contribution in [-0.4, -0.2) is 72.2 Å². The number of aliphatic hydroxyl groups excluding tert-OH is 1. The Hall–Kier alpha value is -2.09. The molecule has 1 atom stereocenters. The molecule has 0 bridgehead atoms. The predicted octanol–water partition coefficient (Wildman–Crippen LogP) is 3.09. The Balaban J connectivity index is 1.40. The van der Waals surface area contributed by atoms with Gasteiger partial charge in [0.25, 0.3) is 5.91 Å². The van der Waals surface area contributed by atoms with Gasteiger partial charge in [0.1, 0.15) is 16.9 Å². The Labute approximate surface area is 184 Å². The number of likely N-dealkylation sites (N-methyl/N-ethyl adjacent to an activating group) is 1. The second kappa shape index (κ2) is 8.81. The van der Waals surface area contributed by atoms with Gasteiger partial charge in [0.05, 0.1) is 6.10 Å². The molecule has 1 fully saturated rings. The molecule has 2 aliphatic rings. The van der Waals surface area contributed by atoms with E-state index in [1.54, 1.807) is 0 Å². The molecule has 0 spiro atoms. The van der Waals surface area contributed by atoms with Gasteiger partial charge in [0.15, 0.2) is 5.76 Å². The number of aryl methyl sites for hydroxylation is 1. The number of carbonyl (C=O) groups excluding carboxylic acids is 1. The lowest BCUT2D eigenvalue weighted by Crippen LogP contribution is -2.46. The zero-order valence-corrected chi connectivity index (χ0v) is 19.2. The fourth-order valence-electron chi connectivity index (χ4n) is 4.81. The topological polar surface area (TPSA) is 78.2 Å². The average molecular weight is 430 g/mol. The van der Waals surface area contributed by atoms with Gasteiger partial charge in [-0.05, 0) is 52.4 Å². The molecule has 2 aromatic rings. The van der Waals surface area contributed by atoms with E-state index in [0.29, 0.717) is 30.1 Å². The SMILES string of the molecule is CCN1CCN(CCCNC(=O)c2oc3ccc4c(c3c2C)[C@H](O)CC(C)(C)O4)CC1. The van der Waals surface area contributed by atoms with Crippen LogP contribution in [0.5, 0.6) is 5.75 Å². The zero-order chi connectivity index (χ0) is 22.2. The number of nitrogens with zero attached hydrogens (tertiary/aromatic N) is 2. The van der Waals surface area contributed by atoms with Crippen molar-refractivity contribution in [2.24, 2.45) is 0 Å². The van der Waals surface area contributed by atoms with Crippen molar-refractivity contribution in [3.8, 4) is 5.75 Å². The quantitative estimate of drug-likeness (QED) is 0.687. The molecule has 0 radical (unpaired) electrons. The lowest BCUT2D eigenvalue weighted by molar-refractivity contribution is 0.0126. The summed E-state index contributed by atoms with van der Waals surface area (Å²) in [5.41, 5.74) is 1.66. The number of fused-ring (bicyclic) bond motifs is 3. The molecule has 0 saturated carbocycles. The molecule has 3 heterocycles. The molecule has 2 aliphatic heterocycles. The van der Waals surface area contributed by atoms with E-state index in [-0.39, 0.29) is 5.91 Å². The number of ether oxygens (including phenoxy) is 1. The van der Waals surface area contributed by atoms with Gasteiger partial charge in [-0.15, -0.1) is 0 Å². The number of carbonyl (C=O) groups is 1. The fraction of sp³-hybridized carbons (Fsp3) is 0.625. The summed E-state index contributed by atoms with van der Waals surface area (Å²) in [5, 5.41) is 14.6. The number of hydrogen-bond donors (Lipinski definition) is 2. The average Bonchev–Trinajstić information content (AvgIpc) is 3.07. The largest absolute Gasteiger partial charge is 0.487 e. The molecule has 31 heavy (non-hydrogen) atoms. The minimum absolute atomic E-state index is 0.204. The highest BCUT2D eigenvalue weighted by atomic mass is 16.5. The van der Waals surface area contributed by atoms with Crippen molar-refractivity contribution in [2.45, 2.75) is 52.2 Å². The predicted molar refractivity (Wildman–Crippen MR) is 121 cm³/mol. The van der Waals surface area contributed by atoms with Crippen molar-refractivity contribution in [3.05, 3.63) is 29.0 Å². The van der Waals surface area contributed by atoms with E-state index < -0.39 is 11.7 Å². The van der Waals surface area contributed by atoms with E-state index >= 15 is 0 Å². The minimum Gasteiger partial charge on any atom is -0.487 e. The van der Waals surface area contributed by atoms with Gasteiger partial charge in [0, 0.05) is 55.7 Å². The number of amides is 1. The normalized spacial score (nSPS) is 21.6. The molecule has 1 aromatic carbocycles. The Morgan fingerprint density at radius 1 is 1.23 bits per heavy atom. The zero-order valence-electron chi connectivity index (χ0n) is 19.2. The molecular formula is C24H35N3O4. The van der Waals surface area contributed by atoms with Gasteiger partial charge in [0.2, 0.25) is 0 Å². The highest BCUT2D eigenvalue weighted by Gasteiger charge is 2.35. The van der Waals surface area contributed by atoms with Crippen molar-refractivity contribution in [1.29, 1.82) is 0 Å². The number of nitrogens with one attached hydrogen (secondary N) is 1. The van der Waals surface area contributed by atoms with Crippen molar-refractivity contribution in [2.75, 3.05) is 45.8 Å². The molecule has 7 heteroatoms. The molecule has 7 nitrogen and oxygen atoms in total. The number of rotatable bonds is 6. The van der Waals surface area contributed by atoms with Crippen LogP contribution in [0.25, 0.3) is 11.0 Å². The van der Waals surface area contributed by atoms with Gasteiger partial charge >= 0.3 is 0 Å². The summed E-state index contributed by atoms with van der Waals surface area (Å²) >= 11 is 0. The number of piperazine rings is 1. The standard InChI is InChI=1S/C24H35N3O4/c1-5-26-11-13-27(14-12-26)10-6-9-25-23(29)22-16(2)20-18(30-22)7-8-19-21(20)17(28)15-24(3,4)31-19/h7-8,17,28H,5-6,9-15H2,1-4H3,(H,25,29)/t17-/m1/s1. The van der Waals surface area contributed by atoms with E-state index in [9.17, 15) is 9.90 Å². The molecule has 170 valence electrons. The van der Waals surface area contributed by atoms with Gasteiger partial charge in [-0.3, -0.25) is 4.79 Å². The maximum absolute atomic E-state index is 12.8. The van der Waals surface area contributed by atoms with Gasteiger partial charge < -0.3 is 29.4 Å². The maximum Gasteiger partial charge on any atom is 0.287 e. The summed E-state index contributed by atoms with van der Waals surface area (Å²) < 4.78 is 12.0. The molecule has 1 amide bonds. The number of furan rings is 1. The number of benzene rings is 1. The van der Waals surface area contributed by atoms with Crippen LogP contribution in [0.3, 0.4) is 0 Å². The third-order valence-electron chi connectivity index (χ3n) is 6.55. The third kappa shape index (κ3) is 4.59. The summed E-state index contributed by atoms with van der Waals surface area (Å²) in [4.78, 5) is 17.7. The van der Waals surface area contributed by atoms with Crippen molar-refractivity contribution < 1.29 is 19.1 Å². The van der Waals surface area contributed by atoms with Crippen LogP contribution in [-0.2, 0) is 0 Å². The number of hydrogen-bond acceptors (Lipinski definition) is 6. The second-order valence-electron chi connectivity index (χ2n) is 9.37. The molecule has 0 aliphatic carbocycles. The summed E-state index contributed by atoms with van der Waals surface area (Å²) in [6, 6.07) is 3.65. The highest BCUT2D eigenvalue weighted by molar-refractivity contribution is 6.00. The van der Waals surface area contributed by atoms with Gasteiger partial charge in [-0.2, -0.15) is 0 Å².